The van der Waals surface area contributed by atoms with Crippen LogP contribution >= 0.6 is 0 Å². The molecule has 2 atom stereocenters. The van der Waals surface area contributed by atoms with Gasteiger partial charge < -0.3 is 15.5 Å². The van der Waals surface area contributed by atoms with E-state index in [-0.39, 0.29) is 5.69 Å². The van der Waals surface area contributed by atoms with Gasteiger partial charge in [0.05, 0.1) is 11.8 Å². The van der Waals surface area contributed by atoms with Crippen LogP contribution in [0.3, 0.4) is 0 Å². The number of hydrogen-bond acceptors (Lipinski definition) is 4. The summed E-state index contributed by atoms with van der Waals surface area (Å²) in [6, 6.07) is 0.234. The predicted molar refractivity (Wildman–Crippen MR) is 63.2 cm³/mol. The van der Waals surface area contributed by atoms with Crippen molar-refractivity contribution in [2.75, 3.05) is 0 Å². The molecule has 0 saturated carbocycles. The Labute approximate surface area is 104 Å². The second kappa shape index (κ2) is 5.63. The van der Waals surface area contributed by atoms with E-state index in [9.17, 15) is 14.7 Å². The molecule has 100 valence electrons. The summed E-state index contributed by atoms with van der Waals surface area (Å²) in [5, 5.41) is 24.5. The molecule has 0 aromatic carbocycles. The van der Waals surface area contributed by atoms with Crippen molar-refractivity contribution in [3.05, 3.63) is 17.5 Å². The Morgan fingerprint density at radius 3 is 2.61 bits per heavy atom. The predicted octanol–water partition coefficient (Wildman–Crippen LogP) is -0.225. The third kappa shape index (κ3) is 3.07. The number of nitrogens with zero attached hydrogens (tertiary/aromatic N) is 2. The fourth-order valence-corrected chi connectivity index (χ4v) is 1.57. The van der Waals surface area contributed by atoms with E-state index in [1.807, 2.05) is 6.92 Å². The molecule has 1 aromatic rings. The molecule has 7 nitrogen and oxygen atoms in total. The Balaban J connectivity index is 2.90. The molecule has 0 bridgehead atoms. The fraction of sp³-hybridized carbons (Fsp3) is 0.545. The van der Waals surface area contributed by atoms with Crippen molar-refractivity contribution < 1.29 is 19.8 Å². The zero-order valence-corrected chi connectivity index (χ0v) is 10.5. The van der Waals surface area contributed by atoms with Crippen molar-refractivity contribution in [1.82, 2.24) is 15.1 Å². The summed E-state index contributed by atoms with van der Waals surface area (Å²) in [6.45, 7) is 5.38. The van der Waals surface area contributed by atoms with Crippen molar-refractivity contribution in [2.24, 2.45) is 0 Å². The molecule has 0 aliphatic rings. The molecule has 1 amide bonds. The topological polar surface area (TPSA) is 104 Å². The van der Waals surface area contributed by atoms with Gasteiger partial charge in [0.25, 0.3) is 5.91 Å². The third-order valence-electron chi connectivity index (χ3n) is 2.47. The van der Waals surface area contributed by atoms with Crippen LogP contribution < -0.4 is 5.32 Å². The van der Waals surface area contributed by atoms with Gasteiger partial charge in [-0.05, 0) is 26.8 Å². The minimum atomic E-state index is -1.34. The summed E-state index contributed by atoms with van der Waals surface area (Å²) in [7, 11) is 0. The second-order valence-corrected chi connectivity index (χ2v) is 4.02. The maximum Gasteiger partial charge on any atom is 0.328 e. The van der Waals surface area contributed by atoms with E-state index in [1.165, 1.54) is 11.6 Å². The van der Waals surface area contributed by atoms with Crippen LogP contribution in [-0.2, 0) is 11.3 Å². The van der Waals surface area contributed by atoms with Gasteiger partial charge in [-0.25, -0.2) is 4.79 Å². The lowest BCUT2D eigenvalue weighted by atomic mass is 10.2. The van der Waals surface area contributed by atoms with E-state index in [0.29, 0.717) is 12.2 Å². The minimum Gasteiger partial charge on any atom is -0.480 e. The molecule has 0 unspecified atom stereocenters. The Hall–Kier alpha value is -1.89. The van der Waals surface area contributed by atoms with Crippen LogP contribution in [0.25, 0.3) is 0 Å². The average Bonchev–Trinajstić information content (AvgIpc) is 2.66. The Morgan fingerprint density at radius 2 is 2.17 bits per heavy atom. The smallest absolute Gasteiger partial charge is 0.328 e. The van der Waals surface area contributed by atoms with Crippen molar-refractivity contribution in [2.45, 2.75) is 39.5 Å². The molecule has 1 aromatic heterocycles. The molecule has 7 heteroatoms. The summed E-state index contributed by atoms with van der Waals surface area (Å²) in [6.07, 6.45) is -1.18. The number of nitrogens with one attached hydrogen (secondary N) is 1. The molecule has 1 rings (SSSR count). The number of carbonyl (C=O) groups excluding carboxylic acids is 1. The van der Waals surface area contributed by atoms with Crippen molar-refractivity contribution in [3.8, 4) is 0 Å². The normalized spacial score (nSPS) is 14.0. The molecule has 0 aliphatic carbocycles. The SMILES string of the molecule is CCn1nc(C)cc1C(=O)N[C@H](C(=O)O)[C@@H](C)O. The number of amides is 1. The number of aryl methyl sites for hydroxylation is 2. The van der Waals surface area contributed by atoms with Crippen molar-refractivity contribution in [1.29, 1.82) is 0 Å². The average molecular weight is 255 g/mol. The van der Waals surface area contributed by atoms with Crippen molar-refractivity contribution >= 4 is 11.9 Å². The molecular weight excluding hydrogens is 238 g/mol. The van der Waals surface area contributed by atoms with Gasteiger partial charge in [-0.2, -0.15) is 5.10 Å². The maximum absolute atomic E-state index is 11.9. The number of aliphatic carboxylic acids is 1. The lowest BCUT2D eigenvalue weighted by Gasteiger charge is -2.17. The fourth-order valence-electron chi connectivity index (χ4n) is 1.57. The summed E-state index contributed by atoms with van der Waals surface area (Å²) in [4.78, 5) is 22.8. The highest BCUT2D eigenvalue weighted by atomic mass is 16.4. The van der Waals surface area contributed by atoms with Gasteiger partial charge in [0.1, 0.15) is 5.69 Å². The van der Waals surface area contributed by atoms with Crippen LogP contribution in [0, 0.1) is 6.92 Å². The van der Waals surface area contributed by atoms with Gasteiger partial charge in [0.15, 0.2) is 6.04 Å². The molecule has 1 heterocycles. The number of carbonyl (C=O) groups is 2. The van der Waals surface area contributed by atoms with E-state index < -0.39 is 24.0 Å². The number of aliphatic hydroxyl groups excluding tert-OH is 1. The van der Waals surface area contributed by atoms with Crippen LogP contribution in [-0.4, -0.2) is 44.0 Å². The molecule has 3 N–H and O–H groups in total. The van der Waals surface area contributed by atoms with Gasteiger partial charge in [-0.15, -0.1) is 0 Å². The zero-order valence-electron chi connectivity index (χ0n) is 10.5. The molecule has 0 fully saturated rings. The van der Waals surface area contributed by atoms with Gasteiger partial charge in [0.2, 0.25) is 0 Å². The molecule has 0 saturated heterocycles. The number of rotatable bonds is 5. The monoisotopic (exact) mass is 255 g/mol. The standard InChI is InChI=1S/C11H17N3O4/c1-4-14-8(5-6(2)13-14)10(16)12-9(7(3)15)11(17)18/h5,7,9,15H,4H2,1-3H3,(H,12,16)(H,17,18)/t7-,9+/m1/s1. The van der Waals surface area contributed by atoms with Crippen LogP contribution in [0.1, 0.15) is 30.0 Å². The Bertz CT molecular complexity index is 453. The molecule has 0 aliphatic heterocycles. The number of aromatic nitrogens is 2. The number of carboxylic acid groups (broad SMARTS) is 1. The van der Waals surface area contributed by atoms with Gasteiger partial charge in [-0.3, -0.25) is 9.48 Å². The van der Waals surface area contributed by atoms with Gasteiger partial charge >= 0.3 is 5.97 Å². The van der Waals surface area contributed by atoms with E-state index in [2.05, 4.69) is 10.4 Å². The molecule has 18 heavy (non-hydrogen) atoms. The highest BCUT2D eigenvalue weighted by molar-refractivity contribution is 5.95. The first-order chi connectivity index (χ1) is 8.36. The van der Waals surface area contributed by atoms with E-state index in [4.69, 9.17) is 5.11 Å². The van der Waals surface area contributed by atoms with E-state index in [1.54, 1.807) is 13.0 Å². The lowest BCUT2D eigenvalue weighted by Crippen LogP contribution is -2.48. The number of carboxylic acids is 1. The Morgan fingerprint density at radius 1 is 1.56 bits per heavy atom. The van der Waals surface area contributed by atoms with E-state index >= 15 is 0 Å². The number of hydrogen-bond donors (Lipinski definition) is 3. The summed E-state index contributed by atoms with van der Waals surface area (Å²) < 4.78 is 1.48. The highest BCUT2D eigenvalue weighted by Crippen LogP contribution is 2.05. The van der Waals surface area contributed by atoms with Gasteiger partial charge in [-0.1, -0.05) is 0 Å². The Kier molecular flexibility index (Phi) is 4.43. The molecule has 0 spiro atoms. The van der Waals surface area contributed by atoms with Crippen LogP contribution in [0.15, 0.2) is 6.07 Å². The molecule has 0 radical (unpaired) electrons. The van der Waals surface area contributed by atoms with Crippen LogP contribution in [0.4, 0.5) is 0 Å². The maximum atomic E-state index is 11.9. The summed E-state index contributed by atoms with van der Waals surface area (Å²) in [5.74, 6) is -1.84. The quantitative estimate of drug-likeness (QED) is 0.674. The van der Waals surface area contributed by atoms with E-state index in [0.717, 1.165) is 0 Å². The summed E-state index contributed by atoms with van der Waals surface area (Å²) >= 11 is 0. The lowest BCUT2D eigenvalue weighted by molar-refractivity contribution is -0.141. The summed E-state index contributed by atoms with van der Waals surface area (Å²) in [5.41, 5.74) is 0.952. The van der Waals surface area contributed by atoms with Crippen molar-refractivity contribution in [3.63, 3.8) is 0 Å². The zero-order chi connectivity index (χ0) is 13.9. The largest absolute Gasteiger partial charge is 0.480 e. The minimum absolute atomic E-state index is 0.280. The second-order valence-electron chi connectivity index (χ2n) is 4.02. The first-order valence-corrected chi connectivity index (χ1v) is 5.63. The first kappa shape index (κ1) is 14.2. The number of aliphatic hydroxyl groups is 1. The third-order valence-corrected chi connectivity index (χ3v) is 2.47. The van der Waals surface area contributed by atoms with Gasteiger partial charge in [0, 0.05) is 6.54 Å². The first-order valence-electron chi connectivity index (χ1n) is 5.63. The highest BCUT2D eigenvalue weighted by Gasteiger charge is 2.26. The van der Waals surface area contributed by atoms with Crippen LogP contribution in [0.5, 0.6) is 0 Å². The van der Waals surface area contributed by atoms with Crippen LogP contribution in [0.2, 0.25) is 0 Å². The molecular formula is C11H17N3O4.